The molecule has 2 aliphatic rings. The lowest BCUT2D eigenvalue weighted by Gasteiger charge is -2.38. The molecular formula is C21H24FN3O3S. The molecule has 6 nitrogen and oxygen atoms in total. The molecule has 0 bridgehead atoms. The Hall–Kier alpha value is -2.29. The van der Waals surface area contributed by atoms with Crippen LogP contribution in [0.4, 0.5) is 4.39 Å². The van der Waals surface area contributed by atoms with Gasteiger partial charge in [0.15, 0.2) is 0 Å². The lowest BCUT2D eigenvalue weighted by Crippen LogP contribution is -2.52. The van der Waals surface area contributed by atoms with E-state index in [4.69, 9.17) is 0 Å². The van der Waals surface area contributed by atoms with E-state index < -0.39 is 21.9 Å². The number of nitrogens with zero attached hydrogens (tertiary/aromatic N) is 2. The van der Waals surface area contributed by atoms with E-state index in [0.717, 1.165) is 24.5 Å². The molecule has 0 aromatic heterocycles. The molecular weight excluding hydrogens is 393 g/mol. The third kappa shape index (κ3) is 4.34. The minimum Gasteiger partial charge on any atom is -0.352 e. The maximum atomic E-state index is 14.0. The predicted molar refractivity (Wildman–Crippen MR) is 107 cm³/mol. The lowest BCUT2D eigenvalue weighted by molar-refractivity contribution is -0.127. The van der Waals surface area contributed by atoms with Crippen LogP contribution < -0.4 is 5.32 Å². The Balaban J connectivity index is 1.50. The molecule has 29 heavy (non-hydrogen) atoms. The van der Waals surface area contributed by atoms with Gasteiger partial charge in [-0.05, 0) is 30.5 Å². The van der Waals surface area contributed by atoms with Crippen molar-refractivity contribution in [2.24, 2.45) is 0 Å². The van der Waals surface area contributed by atoms with Crippen molar-refractivity contribution in [3.05, 3.63) is 66.0 Å². The van der Waals surface area contributed by atoms with E-state index in [-0.39, 0.29) is 29.9 Å². The van der Waals surface area contributed by atoms with Gasteiger partial charge >= 0.3 is 0 Å². The van der Waals surface area contributed by atoms with Gasteiger partial charge < -0.3 is 5.32 Å². The second-order valence-corrected chi connectivity index (χ2v) is 9.37. The Morgan fingerprint density at radius 2 is 1.59 bits per heavy atom. The van der Waals surface area contributed by atoms with Gasteiger partial charge in [0, 0.05) is 32.2 Å². The summed E-state index contributed by atoms with van der Waals surface area (Å²) in [5, 5.41) is 3.06. The SMILES string of the molecule is O=C(NC1CC1)[C@H](c1ccccc1)N1CCN(S(=O)(=O)c2ccccc2F)CC1. The quantitative estimate of drug-likeness (QED) is 0.782. The average molecular weight is 418 g/mol. The minimum absolute atomic E-state index is 0.0517. The molecule has 1 saturated heterocycles. The van der Waals surface area contributed by atoms with Crippen molar-refractivity contribution in [2.45, 2.75) is 29.8 Å². The van der Waals surface area contributed by atoms with E-state index in [1.807, 2.05) is 35.2 Å². The van der Waals surface area contributed by atoms with E-state index in [0.29, 0.717) is 13.1 Å². The fourth-order valence-electron chi connectivity index (χ4n) is 3.67. The number of rotatable bonds is 6. The van der Waals surface area contributed by atoms with Crippen LogP contribution in [-0.4, -0.2) is 55.8 Å². The zero-order valence-electron chi connectivity index (χ0n) is 16.0. The van der Waals surface area contributed by atoms with Crippen LogP contribution in [0.25, 0.3) is 0 Å². The fraction of sp³-hybridized carbons (Fsp3) is 0.381. The van der Waals surface area contributed by atoms with Crippen molar-refractivity contribution in [1.29, 1.82) is 0 Å². The van der Waals surface area contributed by atoms with Crippen molar-refractivity contribution >= 4 is 15.9 Å². The molecule has 1 aliphatic carbocycles. The first-order valence-corrected chi connectivity index (χ1v) is 11.2. The summed E-state index contributed by atoms with van der Waals surface area (Å²) in [5.74, 6) is -0.801. The molecule has 0 unspecified atom stereocenters. The van der Waals surface area contributed by atoms with E-state index >= 15 is 0 Å². The number of halogens is 1. The second-order valence-electron chi connectivity index (χ2n) is 7.47. The minimum atomic E-state index is -3.90. The van der Waals surface area contributed by atoms with Gasteiger partial charge in [0.05, 0.1) is 0 Å². The number of sulfonamides is 1. The molecule has 0 radical (unpaired) electrons. The first kappa shape index (κ1) is 20.0. The molecule has 154 valence electrons. The summed E-state index contributed by atoms with van der Waals surface area (Å²) in [5.41, 5.74) is 0.885. The zero-order chi connectivity index (χ0) is 20.4. The van der Waals surface area contributed by atoms with Crippen LogP contribution in [-0.2, 0) is 14.8 Å². The van der Waals surface area contributed by atoms with Crippen LogP contribution in [0.3, 0.4) is 0 Å². The third-order valence-electron chi connectivity index (χ3n) is 5.38. The van der Waals surface area contributed by atoms with E-state index in [9.17, 15) is 17.6 Å². The highest BCUT2D eigenvalue weighted by Gasteiger charge is 2.36. The summed E-state index contributed by atoms with van der Waals surface area (Å²) < 4.78 is 41.0. The Morgan fingerprint density at radius 3 is 2.21 bits per heavy atom. The second kappa shape index (κ2) is 8.22. The largest absolute Gasteiger partial charge is 0.352 e. The number of nitrogens with one attached hydrogen (secondary N) is 1. The van der Waals surface area contributed by atoms with Gasteiger partial charge in [-0.2, -0.15) is 4.31 Å². The third-order valence-corrected chi connectivity index (χ3v) is 7.31. The van der Waals surface area contributed by atoms with Crippen molar-refractivity contribution in [1.82, 2.24) is 14.5 Å². The summed E-state index contributed by atoms with van der Waals surface area (Å²) in [6, 6.07) is 14.7. The summed E-state index contributed by atoms with van der Waals surface area (Å²) >= 11 is 0. The summed E-state index contributed by atoms with van der Waals surface area (Å²) in [6.07, 6.45) is 2.00. The van der Waals surface area contributed by atoms with Crippen LogP contribution in [0.1, 0.15) is 24.4 Å². The summed E-state index contributed by atoms with van der Waals surface area (Å²) in [6.45, 7) is 1.20. The van der Waals surface area contributed by atoms with E-state index in [1.54, 1.807) is 0 Å². The topological polar surface area (TPSA) is 69.7 Å². The maximum absolute atomic E-state index is 14.0. The van der Waals surface area contributed by atoms with Crippen LogP contribution in [0.5, 0.6) is 0 Å². The molecule has 1 atom stereocenters. The molecule has 8 heteroatoms. The Bertz CT molecular complexity index is 972. The number of amides is 1. The van der Waals surface area contributed by atoms with Gasteiger partial charge in [0.2, 0.25) is 15.9 Å². The van der Waals surface area contributed by atoms with E-state index in [2.05, 4.69) is 5.32 Å². The standard InChI is InChI=1S/C21H24FN3O3S/c22-18-8-4-5-9-19(18)29(27,28)25-14-12-24(13-15-25)20(16-6-2-1-3-7-16)21(26)23-17-10-11-17/h1-9,17,20H,10-15H2,(H,23,26)/t20-/m0/s1. The Labute approximate surface area is 170 Å². The van der Waals surface area contributed by atoms with Crippen molar-refractivity contribution in [3.63, 3.8) is 0 Å². The van der Waals surface area contributed by atoms with Gasteiger partial charge in [-0.15, -0.1) is 0 Å². The number of piperazine rings is 1. The molecule has 2 aromatic rings. The first-order chi connectivity index (χ1) is 14.0. The van der Waals surface area contributed by atoms with Crippen LogP contribution in [0, 0.1) is 5.82 Å². The highest BCUT2D eigenvalue weighted by molar-refractivity contribution is 7.89. The number of hydrogen-bond donors (Lipinski definition) is 1. The molecule has 1 amide bonds. The first-order valence-electron chi connectivity index (χ1n) is 9.81. The van der Waals surface area contributed by atoms with Gasteiger partial charge in [-0.3, -0.25) is 9.69 Å². The number of carbonyl (C=O) groups is 1. The molecule has 2 fully saturated rings. The van der Waals surface area contributed by atoms with Gasteiger partial charge in [0.1, 0.15) is 16.8 Å². The predicted octanol–water partition coefficient (Wildman–Crippen LogP) is 2.15. The number of carbonyl (C=O) groups excluding carboxylic acids is 1. The van der Waals surface area contributed by atoms with Crippen LogP contribution in [0.15, 0.2) is 59.5 Å². The monoisotopic (exact) mass is 417 g/mol. The van der Waals surface area contributed by atoms with Gasteiger partial charge in [0.25, 0.3) is 0 Å². The molecule has 0 spiro atoms. The number of hydrogen-bond acceptors (Lipinski definition) is 4. The van der Waals surface area contributed by atoms with Gasteiger partial charge in [-0.1, -0.05) is 42.5 Å². The molecule has 1 N–H and O–H groups in total. The Kier molecular flexibility index (Phi) is 5.67. The van der Waals surface area contributed by atoms with Crippen molar-refractivity contribution in [2.75, 3.05) is 26.2 Å². The normalized spacial score (nSPS) is 19.6. The zero-order valence-corrected chi connectivity index (χ0v) is 16.8. The highest BCUT2D eigenvalue weighted by atomic mass is 32.2. The molecule has 1 saturated carbocycles. The number of benzene rings is 2. The molecule has 4 rings (SSSR count). The molecule has 1 aliphatic heterocycles. The maximum Gasteiger partial charge on any atom is 0.246 e. The molecule has 1 heterocycles. The van der Waals surface area contributed by atoms with Crippen molar-refractivity contribution in [3.8, 4) is 0 Å². The summed E-state index contributed by atoms with van der Waals surface area (Å²) in [7, 11) is -3.90. The molecule has 2 aromatic carbocycles. The smallest absolute Gasteiger partial charge is 0.246 e. The van der Waals surface area contributed by atoms with Gasteiger partial charge in [-0.25, -0.2) is 12.8 Å². The van der Waals surface area contributed by atoms with E-state index in [1.165, 1.54) is 22.5 Å². The fourth-order valence-corrected chi connectivity index (χ4v) is 5.15. The van der Waals surface area contributed by atoms with Crippen LogP contribution >= 0.6 is 0 Å². The average Bonchev–Trinajstić information content (AvgIpc) is 3.53. The Morgan fingerprint density at radius 1 is 0.966 bits per heavy atom. The summed E-state index contributed by atoms with van der Waals surface area (Å²) in [4.78, 5) is 14.6. The highest BCUT2D eigenvalue weighted by Crippen LogP contribution is 2.27. The lowest BCUT2D eigenvalue weighted by atomic mass is 10.0. The van der Waals surface area contributed by atoms with Crippen LogP contribution in [0.2, 0.25) is 0 Å². The van der Waals surface area contributed by atoms with Crippen molar-refractivity contribution < 1.29 is 17.6 Å².